The fourth-order valence-electron chi connectivity index (χ4n) is 5.88. The second-order valence-corrected chi connectivity index (χ2v) is 12.0. The Bertz CT molecular complexity index is 1900. The van der Waals surface area contributed by atoms with Crippen LogP contribution in [0, 0.1) is 5.82 Å². The minimum Gasteiger partial charge on any atom is -0.494 e. The molecule has 5 aromatic rings. The van der Waals surface area contributed by atoms with Crippen LogP contribution in [0.25, 0.3) is 17.2 Å². The molecule has 0 fully saturated rings. The van der Waals surface area contributed by atoms with Crippen LogP contribution in [0.1, 0.15) is 41.2 Å². The molecule has 0 saturated heterocycles. The predicted octanol–water partition coefficient (Wildman–Crippen LogP) is 7.48. The topological polar surface area (TPSA) is 92.2 Å². The molecule has 1 heterocycles. The number of nitrogens with one attached hydrogen (secondary N) is 2. The Morgan fingerprint density at radius 2 is 1.50 bits per heavy atom. The number of aliphatic imine (C=N–C) groups is 1. The van der Waals surface area contributed by atoms with Gasteiger partial charge in [0.2, 0.25) is 5.90 Å². The zero-order chi connectivity index (χ0) is 34.6. The molecule has 0 aliphatic carbocycles. The first-order chi connectivity index (χ1) is 24.6. The molecular formula is C42H40FN3O4. The molecule has 8 heteroatoms. The van der Waals surface area contributed by atoms with Crippen LogP contribution in [0.2, 0.25) is 0 Å². The Balaban J connectivity index is 1.33. The number of hydrogen-bond acceptors (Lipinski definition) is 6. The van der Waals surface area contributed by atoms with E-state index in [1.807, 2.05) is 109 Å². The van der Waals surface area contributed by atoms with Crippen molar-refractivity contribution < 1.29 is 23.8 Å². The molecule has 254 valence electrons. The molecule has 1 aliphatic rings. The summed E-state index contributed by atoms with van der Waals surface area (Å²) in [6, 6.07) is 41.9. The first-order valence-corrected chi connectivity index (χ1v) is 16.8. The fourth-order valence-corrected chi connectivity index (χ4v) is 5.88. The second kappa shape index (κ2) is 16.7. The van der Waals surface area contributed by atoms with Crippen molar-refractivity contribution in [2.24, 2.45) is 4.99 Å². The summed E-state index contributed by atoms with van der Waals surface area (Å²) in [6.45, 7) is 0.765. The highest BCUT2D eigenvalue weighted by molar-refractivity contribution is 6.01. The van der Waals surface area contributed by atoms with Gasteiger partial charge in [0.15, 0.2) is 11.6 Å². The lowest BCUT2D eigenvalue weighted by Gasteiger charge is -2.30. The zero-order valence-electron chi connectivity index (χ0n) is 27.7. The first-order valence-electron chi connectivity index (χ1n) is 16.8. The van der Waals surface area contributed by atoms with Crippen LogP contribution in [0.5, 0.6) is 5.75 Å². The van der Waals surface area contributed by atoms with Crippen molar-refractivity contribution in [2.45, 2.75) is 30.9 Å². The van der Waals surface area contributed by atoms with Gasteiger partial charge < -0.3 is 14.6 Å². The SMILES string of the molecule is O=C(NNCCc1ccccc1F)[C@@]1(C/C=C/c2ccccc2)N=C(c2ccc(OCCCO)cc2)O[C@H]1c1ccc(-c2ccccc2)cc1. The van der Waals surface area contributed by atoms with Gasteiger partial charge in [0.25, 0.3) is 5.91 Å². The van der Waals surface area contributed by atoms with Gasteiger partial charge in [-0.1, -0.05) is 115 Å². The number of ether oxygens (including phenoxy) is 2. The summed E-state index contributed by atoms with van der Waals surface area (Å²) in [5, 5.41) is 9.11. The Hall–Kier alpha value is -5.57. The summed E-state index contributed by atoms with van der Waals surface area (Å²) < 4.78 is 26.6. The zero-order valence-corrected chi connectivity index (χ0v) is 27.7. The maximum absolute atomic E-state index is 14.4. The van der Waals surface area contributed by atoms with Crippen LogP contribution in [-0.4, -0.2) is 42.2 Å². The normalized spacial score (nSPS) is 16.9. The highest BCUT2D eigenvalue weighted by Crippen LogP contribution is 2.43. The van der Waals surface area contributed by atoms with Crippen LogP contribution >= 0.6 is 0 Å². The molecule has 50 heavy (non-hydrogen) atoms. The van der Waals surface area contributed by atoms with E-state index in [1.165, 1.54) is 6.07 Å². The number of aliphatic hydroxyl groups is 1. The Labute approximate surface area is 292 Å². The molecule has 0 unspecified atom stereocenters. The van der Waals surface area contributed by atoms with Crippen LogP contribution in [0.15, 0.2) is 145 Å². The van der Waals surface area contributed by atoms with Crippen LogP contribution in [0.3, 0.4) is 0 Å². The third kappa shape index (κ3) is 8.34. The summed E-state index contributed by atoms with van der Waals surface area (Å²) in [7, 11) is 0. The minimum atomic E-state index is -1.39. The van der Waals surface area contributed by atoms with E-state index < -0.39 is 11.6 Å². The van der Waals surface area contributed by atoms with Crippen molar-refractivity contribution in [1.82, 2.24) is 10.9 Å². The molecular weight excluding hydrogens is 629 g/mol. The van der Waals surface area contributed by atoms with Crippen molar-refractivity contribution in [2.75, 3.05) is 19.8 Å². The van der Waals surface area contributed by atoms with E-state index in [2.05, 4.69) is 23.0 Å². The molecule has 6 rings (SSSR count). The van der Waals surface area contributed by atoms with E-state index in [0.717, 1.165) is 22.3 Å². The average Bonchev–Trinajstić information content (AvgIpc) is 3.56. The smallest absolute Gasteiger partial charge is 0.266 e. The molecule has 0 spiro atoms. The van der Waals surface area contributed by atoms with E-state index in [9.17, 15) is 9.18 Å². The highest BCUT2D eigenvalue weighted by Gasteiger charge is 2.52. The molecule has 0 saturated carbocycles. The summed E-state index contributed by atoms with van der Waals surface area (Å²) in [5.41, 5.74) is 9.66. The van der Waals surface area contributed by atoms with Crippen molar-refractivity contribution >= 4 is 17.9 Å². The Morgan fingerprint density at radius 1 is 0.840 bits per heavy atom. The predicted molar refractivity (Wildman–Crippen MR) is 195 cm³/mol. The van der Waals surface area contributed by atoms with E-state index in [0.29, 0.717) is 48.8 Å². The molecule has 5 aromatic carbocycles. The molecule has 1 aliphatic heterocycles. The molecule has 2 atom stereocenters. The maximum Gasteiger partial charge on any atom is 0.266 e. The lowest BCUT2D eigenvalue weighted by Crippen LogP contribution is -2.52. The average molecular weight is 670 g/mol. The number of rotatable bonds is 15. The number of carbonyl (C=O) groups is 1. The maximum atomic E-state index is 14.4. The van der Waals surface area contributed by atoms with Gasteiger partial charge in [0.1, 0.15) is 11.6 Å². The van der Waals surface area contributed by atoms with Crippen molar-refractivity contribution in [3.63, 3.8) is 0 Å². The first kappa shape index (κ1) is 34.3. The second-order valence-electron chi connectivity index (χ2n) is 12.0. The van der Waals surface area contributed by atoms with Crippen LogP contribution < -0.4 is 15.6 Å². The van der Waals surface area contributed by atoms with Crippen molar-refractivity contribution in [3.8, 4) is 16.9 Å². The molecule has 3 N–H and O–H groups in total. The summed E-state index contributed by atoms with van der Waals surface area (Å²) >= 11 is 0. The van der Waals surface area contributed by atoms with Gasteiger partial charge in [0, 0.05) is 31.6 Å². The van der Waals surface area contributed by atoms with Gasteiger partial charge >= 0.3 is 0 Å². The third-order valence-corrected chi connectivity index (χ3v) is 8.57. The quantitative estimate of drug-likeness (QED) is 0.0795. The molecule has 0 radical (unpaired) electrons. The monoisotopic (exact) mass is 669 g/mol. The molecule has 1 amide bonds. The van der Waals surface area contributed by atoms with Gasteiger partial charge in [-0.15, -0.1) is 0 Å². The van der Waals surface area contributed by atoms with Crippen molar-refractivity contribution in [3.05, 3.63) is 168 Å². The number of hydrazine groups is 1. The van der Waals surface area contributed by atoms with Gasteiger partial charge in [-0.2, -0.15) is 0 Å². The molecule has 0 aromatic heterocycles. The number of amides is 1. The summed E-state index contributed by atoms with van der Waals surface area (Å²) in [5.74, 6) is 0.326. The number of aliphatic hydroxyl groups excluding tert-OH is 1. The van der Waals surface area contributed by atoms with Gasteiger partial charge in [-0.05, 0) is 64.6 Å². The number of benzene rings is 5. The minimum absolute atomic E-state index is 0.0529. The summed E-state index contributed by atoms with van der Waals surface area (Å²) in [4.78, 5) is 19.5. The molecule has 0 bridgehead atoms. The lowest BCUT2D eigenvalue weighted by molar-refractivity contribution is -0.129. The summed E-state index contributed by atoms with van der Waals surface area (Å²) in [6.07, 6.45) is 4.31. The van der Waals surface area contributed by atoms with E-state index in [4.69, 9.17) is 19.6 Å². The molecule has 7 nitrogen and oxygen atoms in total. The largest absolute Gasteiger partial charge is 0.494 e. The van der Waals surface area contributed by atoms with E-state index >= 15 is 0 Å². The van der Waals surface area contributed by atoms with Crippen LogP contribution in [0.4, 0.5) is 4.39 Å². The van der Waals surface area contributed by atoms with Gasteiger partial charge in [-0.3, -0.25) is 10.2 Å². The van der Waals surface area contributed by atoms with Gasteiger partial charge in [-0.25, -0.2) is 14.8 Å². The van der Waals surface area contributed by atoms with Crippen molar-refractivity contribution in [1.29, 1.82) is 0 Å². The fraction of sp³-hybridized carbons (Fsp3) is 0.190. The number of nitrogens with zero attached hydrogens (tertiary/aromatic N) is 1. The lowest BCUT2D eigenvalue weighted by atomic mass is 9.84. The van der Waals surface area contributed by atoms with Gasteiger partial charge in [0.05, 0.1) is 6.61 Å². The number of hydrogen-bond donors (Lipinski definition) is 3. The Morgan fingerprint density at radius 3 is 2.22 bits per heavy atom. The standard InChI is InChI=1S/C42H40FN3O4/c43-38-17-8-7-16-34(38)26-28-44-46-41(48)42(27-9-13-31-11-3-1-4-12-31)39(35-20-18-33(19-21-35)32-14-5-2-6-15-32)50-40(45-42)36-22-24-37(25-23-36)49-30-10-29-47/h1-9,11-25,39,44,47H,10,26-30H2,(H,46,48)/b13-9+/t39-,42-/m0/s1. The van der Waals surface area contributed by atoms with Crippen LogP contribution in [-0.2, 0) is 16.0 Å². The Kier molecular flexibility index (Phi) is 11.5. The number of carbonyl (C=O) groups excluding carboxylic acids is 1. The van der Waals surface area contributed by atoms with E-state index in [-0.39, 0.29) is 24.8 Å². The number of halogens is 1. The highest BCUT2D eigenvalue weighted by atomic mass is 19.1. The van der Waals surface area contributed by atoms with E-state index in [1.54, 1.807) is 18.2 Å². The third-order valence-electron chi connectivity index (χ3n) is 8.57.